The molecule has 134 valence electrons. The minimum Gasteiger partial charge on any atom is -0.285 e. The van der Waals surface area contributed by atoms with Crippen molar-refractivity contribution in [1.29, 1.82) is 0 Å². The molecule has 0 N–H and O–H groups in total. The Morgan fingerprint density at radius 2 is 1.62 bits per heavy atom. The third kappa shape index (κ3) is 3.15. The van der Waals surface area contributed by atoms with Crippen molar-refractivity contribution in [3.63, 3.8) is 0 Å². The van der Waals surface area contributed by atoms with E-state index in [9.17, 15) is 0 Å². The summed E-state index contributed by atoms with van der Waals surface area (Å²) in [6.07, 6.45) is 1.05. The van der Waals surface area contributed by atoms with Crippen molar-refractivity contribution in [3.05, 3.63) is 77.1 Å². The first-order valence-corrected chi connectivity index (χ1v) is 9.18. The fraction of sp³-hybridized carbons (Fsp3) is 0.381. The van der Waals surface area contributed by atoms with E-state index in [1.54, 1.807) is 0 Å². The van der Waals surface area contributed by atoms with Gasteiger partial charge >= 0.3 is 0 Å². The van der Waals surface area contributed by atoms with Gasteiger partial charge in [-0.1, -0.05) is 54.6 Å². The van der Waals surface area contributed by atoms with E-state index in [1.807, 2.05) is 4.68 Å². The lowest BCUT2D eigenvalue weighted by Crippen LogP contribution is -2.38. The predicted octanol–water partition coefficient (Wildman–Crippen LogP) is 3.58. The van der Waals surface area contributed by atoms with E-state index >= 15 is 0 Å². The molecule has 1 aliphatic rings. The van der Waals surface area contributed by atoms with Crippen LogP contribution in [0.5, 0.6) is 0 Å². The van der Waals surface area contributed by atoms with Gasteiger partial charge in [0.1, 0.15) is 0 Å². The number of aromatic nitrogens is 4. The first kappa shape index (κ1) is 16.9. The molecule has 5 nitrogen and oxygen atoms in total. The van der Waals surface area contributed by atoms with Crippen molar-refractivity contribution in [1.82, 2.24) is 25.1 Å². The van der Waals surface area contributed by atoms with Gasteiger partial charge in [0.15, 0.2) is 5.82 Å². The van der Waals surface area contributed by atoms with Crippen LogP contribution in [0.25, 0.3) is 0 Å². The zero-order valence-corrected chi connectivity index (χ0v) is 15.6. The van der Waals surface area contributed by atoms with Gasteiger partial charge < -0.3 is 0 Å². The zero-order chi connectivity index (χ0) is 18.1. The smallest absolute Gasteiger partial charge is 0.173 e. The maximum absolute atomic E-state index is 4.45. The van der Waals surface area contributed by atoms with Gasteiger partial charge in [-0.05, 0) is 54.3 Å². The van der Waals surface area contributed by atoms with Gasteiger partial charge in [-0.3, -0.25) is 4.90 Å². The first-order chi connectivity index (χ1) is 12.5. The van der Waals surface area contributed by atoms with Crippen LogP contribution in [0.2, 0.25) is 0 Å². The van der Waals surface area contributed by atoms with E-state index in [-0.39, 0.29) is 11.6 Å². The average molecular weight is 347 g/mol. The zero-order valence-electron chi connectivity index (χ0n) is 15.6. The molecule has 0 saturated heterocycles. The molecule has 0 bridgehead atoms. The molecule has 0 unspecified atom stereocenters. The number of fused-ring (bicyclic) bond motifs is 1. The SMILES string of the molecule is CC(C)(C)n1nnnc1[C@H](c1ccccc1)N1CCc2ccccc2C1. The highest BCUT2D eigenvalue weighted by Crippen LogP contribution is 2.33. The molecule has 0 radical (unpaired) electrons. The molecule has 0 saturated carbocycles. The van der Waals surface area contributed by atoms with E-state index in [0.29, 0.717) is 0 Å². The fourth-order valence-corrected chi connectivity index (χ4v) is 3.74. The highest BCUT2D eigenvalue weighted by molar-refractivity contribution is 5.31. The predicted molar refractivity (Wildman–Crippen MR) is 102 cm³/mol. The van der Waals surface area contributed by atoms with Gasteiger partial charge in [0.2, 0.25) is 0 Å². The Bertz CT molecular complexity index is 879. The second-order valence-corrected chi connectivity index (χ2v) is 7.92. The van der Waals surface area contributed by atoms with Gasteiger partial charge in [0.25, 0.3) is 0 Å². The van der Waals surface area contributed by atoms with Gasteiger partial charge in [0, 0.05) is 13.1 Å². The number of benzene rings is 2. The first-order valence-electron chi connectivity index (χ1n) is 9.18. The lowest BCUT2D eigenvalue weighted by molar-refractivity contribution is 0.185. The Balaban J connectivity index is 1.78. The number of rotatable bonds is 3. The van der Waals surface area contributed by atoms with Crippen molar-refractivity contribution in [2.24, 2.45) is 0 Å². The largest absolute Gasteiger partial charge is 0.285 e. The van der Waals surface area contributed by atoms with Crippen molar-refractivity contribution in [2.75, 3.05) is 6.54 Å². The minimum absolute atomic E-state index is 0.0405. The van der Waals surface area contributed by atoms with E-state index in [2.05, 4.69) is 95.8 Å². The van der Waals surface area contributed by atoms with E-state index in [1.165, 1.54) is 16.7 Å². The molecule has 0 fully saturated rings. The van der Waals surface area contributed by atoms with Crippen molar-refractivity contribution < 1.29 is 0 Å². The fourth-order valence-electron chi connectivity index (χ4n) is 3.74. The Morgan fingerprint density at radius 1 is 0.923 bits per heavy atom. The number of hydrogen-bond acceptors (Lipinski definition) is 4. The van der Waals surface area contributed by atoms with Gasteiger partial charge in [0.05, 0.1) is 11.6 Å². The molecule has 1 aliphatic heterocycles. The Hall–Kier alpha value is -2.53. The molecule has 0 amide bonds. The Morgan fingerprint density at radius 3 is 2.35 bits per heavy atom. The lowest BCUT2D eigenvalue weighted by Gasteiger charge is -2.36. The third-order valence-electron chi connectivity index (χ3n) is 5.01. The van der Waals surface area contributed by atoms with E-state index in [0.717, 1.165) is 25.3 Å². The van der Waals surface area contributed by atoms with Crippen LogP contribution in [-0.4, -0.2) is 31.7 Å². The maximum atomic E-state index is 4.45. The molecule has 0 spiro atoms. The number of tetrazole rings is 1. The van der Waals surface area contributed by atoms with Gasteiger partial charge in [-0.25, -0.2) is 4.68 Å². The number of nitrogens with zero attached hydrogens (tertiary/aromatic N) is 5. The highest BCUT2D eigenvalue weighted by Gasteiger charge is 2.32. The van der Waals surface area contributed by atoms with Crippen molar-refractivity contribution >= 4 is 0 Å². The van der Waals surface area contributed by atoms with Crippen LogP contribution in [0, 0.1) is 0 Å². The summed E-state index contributed by atoms with van der Waals surface area (Å²) in [5.41, 5.74) is 3.91. The Kier molecular flexibility index (Phi) is 4.32. The molecular formula is C21H25N5. The van der Waals surface area contributed by atoms with Crippen LogP contribution in [0.4, 0.5) is 0 Å². The molecular weight excluding hydrogens is 322 g/mol. The topological polar surface area (TPSA) is 46.8 Å². The molecule has 0 aliphatic carbocycles. The summed E-state index contributed by atoms with van der Waals surface area (Å²) in [7, 11) is 0. The van der Waals surface area contributed by atoms with Crippen LogP contribution in [-0.2, 0) is 18.5 Å². The summed E-state index contributed by atoms with van der Waals surface area (Å²) < 4.78 is 1.96. The normalized spacial score (nSPS) is 16.3. The minimum atomic E-state index is -0.167. The summed E-state index contributed by atoms with van der Waals surface area (Å²) in [6, 6.07) is 19.3. The summed E-state index contributed by atoms with van der Waals surface area (Å²) in [6.45, 7) is 8.32. The molecule has 26 heavy (non-hydrogen) atoms. The standard InChI is InChI=1S/C21H25N5/c1-21(2,3)26-20(22-23-24-26)19(17-10-5-4-6-11-17)25-14-13-16-9-7-8-12-18(16)15-25/h4-12,19H,13-15H2,1-3H3/t19-/m0/s1. The van der Waals surface area contributed by atoms with Gasteiger partial charge in [-0.15, -0.1) is 5.10 Å². The summed E-state index contributed by atoms with van der Waals surface area (Å²) in [5, 5.41) is 12.8. The van der Waals surface area contributed by atoms with Crippen molar-refractivity contribution in [3.8, 4) is 0 Å². The van der Waals surface area contributed by atoms with Crippen molar-refractivity contribution in [2.45, 2.75) is 45.3 Å². The van der Waals surface area contributed by atoms with Gasteiger partial charge in [-0.2, -0.15) is 0 Å². The van der Waals surface area contributed by atoms with Crippen LogP contribution >= 0.6 is 0 Å². The monoisotopic (exact) mass is 347 g/mol. The van der Waals surface area contributed by atoms with E-state index in [4.69, 9.17) is 0 Å². The molecule has 5 heteroatoms. The average Bonchev–Trinajstić information content (AvgIpc) is 3.13. The molecule has 2 heterocycles. The van der Waals surface area contributed by atoms with Crippen LogP contribution in [0.15, 0.2) is 54.6 Å². The second kappa shape index (κ2) is 6.65. The third-order valence-corrected chi connectivity index (χ3v) is 5.01. The summed E-state index contributed by atoms with van der Waals surface area (Å²) >= 11 is 0. The summed E-state index contributed by atoms with van der Waals surface area (Å²) in [5.74, 6) is 0.906. The van der Waals surface area contributed by atoms with E-state index < -0.39 is 0 Å². The summed E-state index contributed by atoms with van der Waals surface area (Å²) in [4.78, 5) is 2.49. The Labute approximate surface area is 154 Å². The molecule has 4 rings (SSSR count). The molecule has 2 aromatic carbocycles. The molecule has 3 aromatic rings. The second-order valence-electron chi connectivity index (χ2n) is 7.92. The highest BCUT2D eigenvalue weighted by atomic mass is 15.6. The number of hydrogen-bond donors (Lipinski definition) is 0. The quantitative estimate of drug-likeness (QED) is 0.727. The maximum Gasteiger partial charge on any atom is 0.173 e. The lowest BCUT2D eigenvalue weighted by atomic mass is 9.95. The molecule has 1 atom stereocenters. The van der Waals surface area contributed by atoms with Crippen LogP contribution in [0.1, 0.15) is 49.3 Å². The van der Waals surface area contributed by atoms with Crippen LogP contribution < -0.4 is 0 Å². The van der Waals surface area contributed by atoms with Crippen LogP contribution in [0.3, 0.4) is 0 Å². The molecule has 1 aromatic heterocycles.